The van der Waals surface area contributed by atoms with Crippen molar-refractivity contribution in [2.24, 2.45) is 11.8 Å². The number of carbonyl (C=O) groups is 1. The van der Waals surface area contributed by atoms with E-state index in [4.69, 9.17) is 10.00 Å². The zero-order valence-corrected chi connectivity index (χ0v) is 9.37. The molecule has 1 rings (SSSR count). The van der Waals surface area contributed by atoms with Gasteiger partial charge in [-0.1, -0.05) is 25.7 Å². The largest absolute Gasteiger partial charge is 0.465 e. The lowest BCUT2D eigenvalue weighted by atomic mass is 9.87. The molecule has 15 heavy (non-hydrogen) atoms. The van der Waals surface area contributed by atoms with E-state index in [1.165, 1.54) is 12.8 Å². The minimum atomic E-state index is -0.539. The normalized spacial score (nSPS) is 20.0. The average molecular weight is 209 g/mol. The Balaban J connectivity index is 2.56. The van der Waals surface area contributed by atoms with Crippen LogP contribution < -0.4 is 0 Å². The fraction of sp³-hybridized carbons (Fsp3) is 0.833. The van der Waals surface area contributed by atoms with Crippen molar-refractivity contribution in [2.45, 2.75) is 45.4 Å². The van der Waals surface area contributed by atoms with E-state index >= 15 is 0 Å². The predicted molar refractivity (Wildman–Crippen MR) is 56.9 cm³/mol. The lowest BCUT2D eigenvalue weighted by Gasteiger charge is -2.18. The van der Waals surface area contributed by atoms with Crippen molar-refractivity contribution in [3.8, 4) is 6.07 Å². The van der Waals surface area contributed by atoms with Crippen LogP contribution in [0.3, 0.4) is 0 Å². The van der Waals surface area contributed by atoms with Crippen LogP contribution in [0.25, 0.3) is 0 Å². The van der Waals surface area contributed by atoms with Gasteiger partial charge in [0, 0.05) is 0 Å². The molecule has 0 aliphatic heterocycles. The second-order valence-electron chi connectivity index (χ2n) is 4.11. The molecule has 3 nitrogen and oxygen atoms in total. The molecule has 1 saturated carbocycles. The molecule has 1 aliphatic carbocycles. The van der Waals surface area contributed by atoms with Gasteiger partial charge in [0.2, 0.25) is 0 Å². The Hall–Kier alpha value is -1.04. The summed E-state index contributed by atoms with van der Waals surface area (Å²) in [6, 6.07) is 2.11. The first-order valence-electron chi connectivity index (χ1n) is 5.85. The number of nitrogens with zero attached hydrogens (tertiary/aromatic N) is 1. The quantitative estimate of drug-likeness (QED) is 0.530. The van der Waals surface area contributed by atoms with Crippen LogP contribution in [0.5, 0.6) is 0 Å². The van der Waals surface area contributed by atoms with E-state index in [2.05, 4.69) is 6.07 Å². The molecule has 0 bridgehead atoms. The van der Waals surface area contributed by atoms with Crippen LogP contribution in [0.4, 0.5) is 0 Å². The topological polar surface area (TPSA) is 50.1 Å². The lowest BCUT2D eigenvalue weighted by molar-refractivity contribution is -0.147. The maximum atomic E-state index is 11.5. The van der Waals surface area contributed by atoms with Crippen LogP contribution >= 0.6 is 0 Å². The first-order chi connectivity index (χ1) is 7.29. The van der Waals surface area contributed by atoms with Crippen molar-refractivity contribution in [2.75, 3.05) is 6.61 Å². The molecule has 0 saturated heterocycles. The van der Waals surface area contributed by atoms with Gasteiger partial charge in [0.05, 0.1) is 12.7 Å². The summed E-state index contributed by atoms with van der Waals surface area (Å²) in [7, 11) is 0. The number of hydrogen-bond acceptors (Lipinski definition) is 3. The number of rotatable bonds is 3. The van der Waals surface area contributed by atoms with E-state index in [0.717, 1.165) is 25.7 Å². The van der Waals surface area contributed by atoms with Crippen molar-refractivity contribution in [3.05, 3.63) is 0 Å². The summed E-state index contributed by atoms with van der Waals surface area (Å²) in [5.41, 5.74) is 0. The van der Waals surface area contributed by atoms with E-state index in [-0.39, 0.29) is 11.9 Å². The second kappa shape index (κ2) is 6.44. The SMILES string of the molecule is CCOC(=O)[C@@H](C#N)C1CCCCCC1. The van der Waals surface area contributed by atoms with Crippen LogP contribution in [0.1, 0.15) is 45.4 Å². The van der Waals surface area contributed by atoms with Gasteiger partial charge >= 0.3 is 5.97 Å². The fourth-order valence-electron chi connectivity index (χ4n) is 2.23. The van der Waals surface area contributed by atoms with Crippen molar-refractivity contribution in [1.82, 2.24) is 0 Å². The Morgan fingerprint density at radius 3 is 2.47 bits per heavy atom. The zero-order valence-electron chi connectivity index (χ0n) is 9.37. The van der Waals surface area contributed by atoms with Crippen LogP contribution in [-0.4, -0.2) is 12.6 Å². The lowest BCUT2D eigenvalue weighted by Crippen LogP contribution is -2.24. The number of ether oxygens (including phenoxy) is 1. The van der Waals surface area contributed by atoms with Crippen LogP contribution in [0.15, 0.2) is 0 Å². The Labute approximate surface area is 91.4 Å². The highest BCUT2D eigenvalue weighted by Gasteiger charge is 2.29. The molecule has 0 heterocycles. The van der Waals surface area contributed by atoms with Crippen LogP contribution in [-0.2, 0) is 9.53 Å². The van der Waals surface area contributed by atoms with Crippen molar-refractivity contribution >= 4 is 5.97 Å². The molecule has 0 unspecified atom stereocenters. The summed E-state index contributed by atoms with van der Waals surface area (Å²) in [6.07, 6.45) is 6.74. The Kier molecular flexibility index (Phi) is 5.17. The Morgan fingerprint density at radius 1 is 1.40 bits per heavy atom. The molecule has 0 aromatic carbocycles. The summed E-state index contributed by atoms with van der Waals surface area (Å²) < 4.78 is 4.93. The van der Waals surface area contributed by atoms with Gasteiger partial charge in [-0.2, -0.15) is 5.26 Å². The third kappa shape index (κ3) is 3.54. The highest BCUT2D eigenvalue weighted by Crippen LogP contribution is 2.29. The molecule has 3 heteroatoms. The van der Waals surface area contributed by atoms with Gasteiger partial charge in [-0.25, -0.2) is 0 Å². The summed E-state index contributed by atoms with van der Waals surface area (Å²) in [5, 5.41) is 9.02. The van der Waals surface area contributed by atoms with E-state index in [9.17, 15) is 4.79 Å². The highest BCUT2D eigenvalue weighted by atomic mass is 16.5. The number of esters is 1. The number of hydrogen-bond donors (Lipinski definition) is 0. The van der Waals surface area contributed by atoms with Crippen molar-refractivity contribution in [3.63, 3.8) is 0 Å². The average Bonchev–Trinajstić information content (AvgIpc) is 2.48. The fourth-order valence-corrected chi connectivity index (χ4v) is 2.23. The number of carbonyl (C=O) groups excluding carboxylic acids is 1. The summed E-state index contributed by atoms with van der Waals surface area (Å²) in [4.78, 5) is 11.5. The summed E-state index contributed by atoms with van der Waals surface area (Å²) in [6.45, 7) is 2.14. The molecule has 0 amide bonds. The third-order valence-electron chi connectivity index (χ3n) is 3.05. The molecule has 84 valence electrons. The molecule has 0 spiro atoms. The molecule has 1 aliphatic rings. The molecule has 1 fully saturated rings. The standard InChI is InChI=1S/C12H19NO2/c1-2-15-12(14)11(9-13)10-7-5-3-4-6-8-10/h10-11H,2-8H2,1H3/t11-/m0/s1. The Morgan fingerprint density at radius 2 is 2.00 bits per heavy atom. The summed E-state index contributed by atoms with van der Waals surface area (Å²) >= 11 is 0. The molecular formula is C12H19NO2. The molecule has 0 N–H and O–H groups in total. The minimum Gasteiger partial charge on any atom is -0.465 e. The maximum Gasteiger partial charge on any atom is 0.323 e. The van der Waals surface area contributed by atoms with Gasteiger partial charge in [-0.05, 0) is 25.7 Å². The first kappa shape index (κ1) is 12.0. The maximum absolute atomic E-state index is 11.5. The first-order valence-corrected chi connectivity index (χ1v) is 5.85. The minimum absolute atomic E-state index is 0.219. The molecule has 0 aromatic rings. The van der Waals surface area contributed by atoms with E-state index in [1.807, 2.05) is 0 Å². The van der Waals surface area contributed by atoms with Gasteiger partial charge in [0.15, 0.2) is 0 Å². The molecular weight excluding hydrogens is 190 g/mol. The van der Waals surface area contributed by atoms with Crippen molar-refractivity contribution in [1.29, 1.82) is 5.26 Å². The zero-order chi connectivity index (χ0) is 11.1. The van der Waals surface area contributed by atoms with Gasteiger partial charge in [0.1, 0.15) is 5.92 Å². The monoisotopic (exact) mass is 209 g/mol. The molecule has 1 atom stereocenters. The second-order valence-corrected chi connectivity index (χ2v) is 4.11. The third-order valence-corrected chi connectivity index (χ3v) is 3.05. The highest BCUT2D eigenvalue weighted by molar-refractivity contribution is 5.75. The Bertz CT molecular complexity index is 236. The summed E-state index contributed by atoms with van der Waals surface area (Å²) in [5.74, 6) is -0.647. The molecule has 0 aromatic heterocycles. The van der Waals surface area contributed by atoms with Crippen LogP contribution in [0, 0.1) is 23.2 Å². The predicted octanol–water partition coefficient (Wildman–Crippen LogP) is 2.66. The number of nitriles is 1. The smallest absolute Gasteiger partial charge is 0.323 e. The van der Waals surface area contributed by atoms with Crippen molar-refractivity contribution < 1.29 is 9.53 Å². The molecule has 0 radical (unpaired) electrons. The van der Waals surface area contributed by atoms with Crippen LogP contribution in [0.2, 0.25) is 0 Å². The van der Waals surface area contributed by atoms with E-state index < -0.39 is 5.92 Å². The van der Waals surface area contributed by atoms with Gasteiger partial charge in [-0.15, -0.1) is 0 Å². The van der Waals surface area contributed by atoms with Gasteiger partial charge < -0.3 is 4.74 Å². The van der Waals surface area contributed by atoms with E-state index in [0.29, 0.717) is 6.61 Å². The van der Waals surface area contributed by atoms with Gasteiger partial charge in [-0.3, -0.25) is 4.79 Å². The van der Waals surface area contributed by atoms with Gasteiger partial charge in [0.25, 0.3) is 0 Å². The van der Waals surface area contributed by atoms with E-state index in [1.54, 1.807) is 6.92 Å².